The van der Waals surface area contributed by atoms with Crippen molar-refractivity contribution in [2.75, 3.05) is 0 Å². The van der Waals surface area contributed by atoms with E-state index in [0.29, 0.717) is 5.92 Å². The Morgan fingerprint density at radius 3 is 2.68 bits per heavy atom. The molecule has 1 atom stereocenters. The van der Waals surface area contributed by atoms with Crippen LogP contribution >= 0.6 is 0 Å². The summed E-state index contributed by atoms with van der Waals surface area (Å²) >= 11 is 0. The van der Waals surface area contributed by atoms with Crippen molar-refractivity contribution in [3.05, 3.63) is 35.6 Å². The Labute approximate surface area is 115 Å². The molecule has 1 aromatic carbocycles. The Morgan fingerprint density at radius 1 is 1.32 bits per heavy atom. The lowest BCUT2D eigenvalue weighted by Crippen LogP contribution is -2.14. The van der Waals surface area contributed by atoms with E-state index in [0.717, 1.165) is 17.8 Å². The van der Waals surface area contributed by atoms with E-state index in [1.807, 2.05) is 0 Å². The van der Waals surface area contributed by atoms with Crippen LogP contribution in [-0.2, 0) is 5.41 Å². The lowest BCUT2D eigenvalue weighted by atomic mass is 9.82. The van der Waals surface area contributed by atoms with Gasteiger partial charge < -0.3 is 10.2 Å². The molecule has 2 aromatic rings. The minimum absolute atomic E-state index is 0.0787. The summed E-state index contributed by atoms with van der Waals surface area (Å²) in [6.45, 7) is 6.80. The van der Waals surface area contributed by atoms with Gasteiger partial charge in [0.25, 0.3) is 0 Å². The number of benzene rings is 1. The average molecular weight is 257 g/mol. The smallest absolute Gasteiger partial charge is 0.134 e. The van der Waals surface area contributed by atoms with Gasteiger partial charge in [-0.25, -0.2) is 0 Å². The molecule has 102 valence electrons. The Balaban J connectivity index is 1.99. The van der Waals surface area contributed by atoms with Gasteiger partial charge in [0.2, 0.25) is 0 Å². The van der Waals surface area contributed by atoms with E-state index < -0.39 is 0 Å². The van der Waals surface area contributed by atoms with E-state index in [1.165, 1.54) is 23.8 Å². The van der Waals surface area contributed by atoms with Crippen LogP contribution in [0.4, 0.5) is 0 Å². The molecule has 1 aliphatic rings. The van der Waals surface area contributed by atoms with Crippen LogP contribution in [0.2, 0.25) is 0 Å². The highest BCUT2D eigenvalue weighted by Crippen LogP contribution is 2.41. The molecule has 1 heterocycles. The molecule has 1 unspecified atom stereocenters. The zero-order valence-electron chi connectivity index (χ0n) is 12.1. The first-order valence-electron chi connectivity index (χ1n) is 7.31. The highest BCUT2D eigenvalue weighted by Gasteiger charge is 2.31. The number of hydrogen-bond donors (Lipinski definition) is 1. The van der Waals surface area contributed by atoms with Gasteiger partial charge in [-0.1, -0.05) is 26.8 Å². The van der Waals surface area contributed by atoms with Crippen molar-refractivity contribution >= 4 is 11.0 Å². The third-order valence-corrected chi connectivity index (χ3v) is 4.66. The van der Waals surface area contributed by atoms with Gasteiger partial charge in [0.05, 0.1) is 6.04 Å². The number of furan rings is 1. The SMILES string of the molecule is CCC(C)(C)c1ccc2oc(C(N)C3CC3)cc2c1. The van der Waals surface area contributed by atoms with Gasteiger partial charge in [0, 0.05) is 5.39 Å². The fourth-order valence-electron chi connectivity index (χ4n) is 2.54. The second-order valence-corrected chi connectivity index (χ2v) is 6.50. The van der Waals surface area contributed by atoms with Gasteiger partial charge in [0.1, 0.15) is 11.3 Å². The maximum absolute atomic E-state index is 6.22. The molecule has 0 bridgehead atoms. The molecular formula is C17H23NO. The zero-order valence-corrected chi connectivity index (χ0v) is 12.1. The summed E-state index contributed by atoms with van der Waals surface area (Å²) in [6, 6.07) is 8.74. The molecule has 2 nitrogen and oxygen atoms in total. The minimum Gasteiger partial charge on any atom is -0.459 e. The largest absolute Gasteiger partial charge is 0.459 e. The van der Waals surface area contributed by atoms with Crippen molar-refractivity contribution in [3.63, 3.8) is 0 Å². The first-order chi connectivity index (χ1) is 9.01. The molecule has 2 N–H and O–H groups in total. The van der Waals surface area contributed by atoms with Crippen LogP contribution in [0.1, 0.15) is 57.4 Å². The van der Waals surface area contributed by atoms with E-state index >= 15 is 0 Å². The Bertz CT molecular complexity index is 592. The zero-order chi connectivity index (χ0) is 13.6. The summed E-state index contributed by atoms with van der Waals surface area (Å²) in [5.74, 6) is 1.58. The predicted octanol–water partition coefficient (Wildman–Crippen LogP) is 4.53. The molecule has 0 amide bonds. The van der Waals surface area contributed by atoms with Crippen molar-refractivity contribution in [3.8, 4) is 0 Å². The summed E-state index contributed by atoms with van der Waals surface area (Å²) in [5, 5.41) is 1.19. The Hall–Kier alpha value is -1.28. The highest BCUT2D eigenvalue weighted by atomic mass is 16.3. The van der Waals surface area contributed by atoms with Crippen LogP contribution in [0.25, 0.3) is 11.0 Å². The number of rotatable bonds is 4. The monoisotopic (exact) mass is 257 g/mol. The molecular weight excluding hydrogens is 234 g/mol. The van der Waals surface area contributed by atoms with E-state index in [2.05, 4.69) is 45.0 Å². The van der Waals surface area contributed by atoms with Crippen molar-refractivity contribution in [2.24, 2.45) is 11.7 Å². The molecule has 0 spiro atoms. The van der Waals surface area contributed by atoms with Crippen molar-refractivity contribution in [1.29, 1.82) is 0 Å². The van der Waals surface area contributed by atoms with Gasteiger partial charge >= 0.3 is 0 Å². The van der Waals surface area contributed by atoms with E-state index in [-0.39, 0.29) is 11.5 Å². The highest BCUT2D eigenvalue weighted by molar-refractivity contribution is 5.79. The maximum Gasteiger partial charge on any atom is 0.134 e. The first-order valence-corrected chi connectivity index (χ1v) is 7.31. The molecule has 1 saturated carbocycles. The standard InChI is InChI=1S/C17H23NO/c1-4-17(2,3)13-7-8-14-12(9-13)10-15(19-14)16(18)11-5-6-11/h7-11,16H,4-6,18H2,1-3H3. The van der Waals surface area contributed by atoms with Crippen LogP contribution in [0.5, 0.6) is 0 Å². The second-order valence-electron chi connectivity index (χ2n) is 6.50. The van der Waals surface area contributed by atoms with Crippen LogP contribution in [0.15, 0.2) is 28.7 Å². The number of hydrogen-bond acceptors (Lipinski definition) is 2. The second kappa shape index (κ2) is 4.38. The topological polar surface area (TPSA) is 39.2 Å². The fraction of sp³-hybridized carbons (Fsp3) is 0.529. The molecule has 1 aliphatic carbocycles. The molecule has 1 fully saturated rings. The van der Waals surface area contributed by atoms with Gasteiger partial charge in [-0.15, -0.1) is 0 Å². The van der Waals surface area contributed by atoms with Crippen LogP contribution < -0.4 is 5.73 Å². The Kier molecular flexibility index (Phi) is 2.94. The quantitative estimate of drug-likeness (QED) is 0.874. The van der Waals surface area contributed by atoms with Crippen molar-refractivity contribution < 1.29 is 4.42 Å². The number of nitrogens with two attached hydrogens (primary N) is 1. The molecule has 19 heavy (non-hydrogen) atoms. The lowest BCUT2D eigenvalue weighted by Gasteiger charge is -2.23. The summed E-state index contributed by atoms with van der Waals surface area (Å²) in [5.41, 5.74) is 8.76. The van der Waals surface area contributed by atoms with Crippen molar-refractivity contribution in [2.45, 2.75) is 51.5 Å². The van der Waals surface area contributed by atoms with Gasteiger partial charge in [-0.05, 0) is 54.4 Å². The third kappa shape index (κ3) is 2.30. The van der Waals surface area contributed by atoms with E-state index in [9.17, 15) is 0 Å². The average Bonchev–Trinajstić information content (AvgIpc) is 3.16. The Morgan fingerprint density at radius 2 is 2.05 bits per heavy atom. The van der Waals surface area contributed by atoms with Crippen LogP contribution in [-0.4, -0.2) is 0 Å². The van der Waals surface area contributed by atoms with Gasteiger partial charge in [-0.3, -0.25) is 0 Å². The predicted molar refractivity (Wildman–Crippen MR) is 79.2 cm³/mol. The summed E-state index contributed by atoms with van der Waals surface area (Å²) < 4.78 is 5.91. The fourth-order valence-corrected chi connectivity index (χ4v) is 2.54. The molecule has 0 saturated heterocycles. The van der Waals surface area contributed by atoms with E-state index in [4.69, 9.17) is 10.2 Å². The molecule has 0 aliphatic heterocycles. The van der Waals surface area contributed by atoms with Crippen LogP contribution in [0, 0.1) is 5.92 Å². The summed E-state index contributed by atoms with van der Waals surface area (Å²) in [4.78, 5) is 0. The van der Waals surface area contributed by atoms with Crippen LogP contribution in [0.3, 0.4) is 0 Å². The van der Waals surface area contributed by atoms with Crippen molar-refractivity contribution in [1.82, 2.24) is 0 Å². The molecule has 0 radical (unpaired) electrons. The minimum atomic E-state index is 0.0787. The normalized spacial score (nSPS) is 17.9. The summed E-state index contributed by atoms with van der Waals surface area (Å²) in [6.07, 6.45) is 3.61. The lowest BCUT2D eigenvalue weighted by molar-refractivity contribution is 0.466. The van der Waals surface area contributed by atoms with Gasteiger partial charge in [-0.2, -0.15) is 0 Å². The summed E-state index contributed by atoms with van der Waals surface area (Å²) in [7, 11) is 0. The molecule has 2 heteroatoms. The molecule has 3 rings (SSSR count). The number of fused-ring (bicyclic) bond motifs is 1. The first kappa shape index (κ1) is 12.7. The molecule has 1 aromatic heterocycles. The van der Waals surface area contributed by atoms with E-state index in [1.54, 1.807) is 0 Å². The third-order valence-electron chi connectivity index (χ3n) is 4.66. The maximum atomic E-state index is 6.22. The van der Waals surface area contributed by atoms with Gasteiger partial charge in [0.15, 0.2) is 0 Å².